The molecule has 5 nitrogen and oxygen atoms in total. The number of benzene rings is 1. The first-order valence-electron chi connectivity index (χ1n) is 6.31. The van der Waals surface area contributed by atoms with Crippen LogP contribution in [-0.2, 0) is 4.74 Å². The predicted molar refractivity (Wildman–Crippen MR) is 78.5 cm³/mol. The lowest BCUT2D eigenvalue weighted by atomic mass is 10.2. The summed E-state index contributed by atoms with van der Waals surface area (Å²) in [6, 6.07) is 6.98. The van der Waals surface area contributed by atoms with Crippen molar-refractivity contribution in [2.75, 3.05) is 25.1 Å². The molecule has 1 N–H and O–H groups in total. The number of hydrogen-bond acceptors (Lipinski definition) is 5. The Bertz CT molecular complexity index is 526. The van der Waals surface area contributed by atoms with Crippen molar-refractivity contribution in [2.24, 2.45) is 0 Å². The lowest BCUT2D eigenvalue weighted by Crippen LogP contribution is -2.11. The second kappa shape index (κ2) is 7.62. The third-order valence-electron chi connectivity index (χ3n) is 2.47. The molecule has 1 aromatic carbocycles. The number of carbonyl (C=O) groups is 1. The van der Waals surface area contributed by atoms with Crippen molar-refractivity contribution in [3.63, 3.8) is 0 Å². The van der Waals surface area contributed by atoms with Gasteiger partial charge in [0.1, 0.15) is 12.4 Å². The van der Waals surface area contributed by atoms with Crippen LogP contribution in [0.1, 0.15) is 17.3 Å². The van der Waals surface area contributed by atoms with Crippen LogP contribution >= 0.6 is 11.3 Å². The van der Waals surface area contributed by atoms with Gasteiger partial charge in [0, 0.05) is 23.7 Å². The van der Waals surface area contributed by atoms with Gasteiger partial charge in [-0.25, -0.2) is 4.98 Å². The topological polar surface area (TPSA) is 60.5 Å². The molecule has 0 aliphatic rings. The van der Waals surface area contributed by atoms with Crippen molar-refractivity contribution in [1.29, 1.82) is 0 Å². The predicted octanol–water partition coefficient (Wildman–Crippen LogP) is 2.81. The molecular formula is C14H16N2O3S. The second-order valence-corrected chi connectivity index (χ2v) is 4.76. The molecule has 0 saturated heterocycles. The van der Waals surface area contributed by atoms with Crippen molar-refractivity contribution in [1.82, 2.24) is 4.98 Å². The van der Waals surface area contributed by atoms with Crippen molar-refractivity contribution >= 4 is 22.4 Å². The Morgan fingerprint density at radius 1 is 1.30 bits per heavy atom. The lowest BCUT2D eigenvalue weighted by Gasteiger charge is -2.07. The summed E-state index contributed by atoms with van der Waals surface area (Å²) in [5, 5.41) is 5.13. The monoisotopic (exact) mass is 292 g/mol. The van der Waals surface area contributed by atoms with Gasteiger partial charge in [-0.1, -0.05) is 0 Å². The van der Waals surface area contributed by atoms with Crippen molar-refractivity contribution in [3.8, 4) is 5.75 Å². The SMILES string of the molecule is CCOCCOc1ccc(C(=O)Nc2nccs2)cc1. The number of hydrogen-bond donors (Lipinski definition) is 1. The number of nitrogens with zero attached hydrogens (tertiary/aromatic N) is 1. The summed E-state index contributed by atoms with van der Waals surface area (Å²) in [6.45, 7) is 3.68. The molecule has 0 fully saturated rings. The van der Waals surface area contributed by atoms with E-state index in [1.165, 1.54) is 11.3 Å². The van der Waals surface area contributed by atoms with Crippen LogP contribution in [0.25, 0.3) is 0 Å². The zero-order chi connectivity index (χ0) is 14.2. The maximum Gasteiger partial charge on any atom is 0.257 e. The zero-order valence-electron chi connectivity index (χ0n) is 11.2. The molecule has 0 aliphatic heterocycles. The third-order valence-corrected chi connectivity index (χ3v) is 3.16. The minimum atomic E-state index is -0.180. The van der Waals surface area contributed by atoms with Crippen LogP contribution in [0, 0.1) is 0 Å². The van der Waals surface area contributed by atoms with Gasteiger partial charge in [0.15, 0.2) is 5.13 Å². The van der Waals surface area contributed by atoms with Crippen LogP contribution in [0.4, 0.5) is 5.13 Å². The van der Waals surface area contributed by atoms with E-state index < -0.39 is 0 Å². The van der Waals surface area contributed by atoms with Gasteiger partial charge in [-0.05, 0) is 31.2 Å². The Morgan fingerprint density at radius 3 is 2.75 bits per heavy atom. The van der Waals surface area contributed by atoms with Crippen LogP contribution in [0.3, 0.4) is 0 Å². The highest BCUT2D eigenvalue weighted by Gasteiger charge is 2.07. The molecule has 20 heavy (non-hydrogen) atoms. The molecule has 106 valence electrons. The van der Waals surface area contributed by atoms with Gasteiger partial charge in [0.05, 0.1) is 6.61 Å². The van der Waals surface area contributed by atoms with Crippen LogP contribution < -0.4 is 10.1 Å². The Kier molecular flexibility index (Phi) is 5.52. The van der Waals surface area contributed by atoms with Gasteiger partial charge >= 0.3 is 0 Å². The van der Waals surface area contributed by atoms with Gasteiger partial charge in [-0.15, -0.1) is 11.3 Å². The van der Waals surface area contributed by atoms with Gasteiger partial charge < -0.3 is 9.47 Å². The van der Waals surface area contributed by atoms with Crippen molar-refractivity contribution in [3.05, 3.63) is 41.4 Å². The summed E-state index contributed by atoms with van der Waals surface area (Å²) in [5.41, 5.74) is 0.567. The average Bonchev–Trinajstić information content (AvgIpc) is 2.97. The minimum absolute atomic E-state index is 0.180. The fraction of sp³-hybridized carbons (Fsp3) is 0.286. The molecule has 1 heterocycles. The third kappa shape index (κ3) is 4.32. The fourth-order valence-corrected chi connectivity index (χ4v) is 2.04. The van der Waals surface area contributed by atoms with Crippen LogP contribution in [0.2, 0.25) is 0 Å². The summed E-state index contributed by atoms with van der Waals surface area (Å²) < 4.78 is 10.7. The smallest absolute Gasteiger partial charge is 0.257 e. The van der Waals surface area contributed by atoms with E-state index in [0.717, 1.165) is 5.75 Å². The molecule has 0 spiro atoms. The Hall–Kier alpha value is -1.92. The van der Waals surface area contributed by atoms with Gasteiger partial charge in [-0.3, -0.25) is 10.1 Å². The van der Waals surface area contributed by atoms with Crippen molar-refractivity contribution in [2.45, 2.75) is 6.92 Å². The number of carbonyl (C=O) groups excluding carboxylic acids is 1. The fourth-order valence-electron chi connectivity index (χ4n) is 1.52. The normalized spacial score (nSPS) is 10.2. The Balaban J connectivity index is 1.85. The van der Waals surface area contributed by atoms with E-state index in [4.69, 9.17) is 9.47 Å². The molecule has 1 amide bonds. The number of thiazole rings is 1. The van der Waals surface area contributed by atoms with E-state index in [2.05, 4.69) is 10.3 Å². The summed E-state index contributed by atoms with van der Waals surface area (Å²) >= 11 is 1.38. The van der Waals surface area contributed by atoms with E-state index in [9.17, 15) is 4.79 Å². The van der Waals surface area contributed by atoms with Gasteiger partial charge in [-0.2, -0.15) is 0 Å². The number of nitrogens with one attached hydrogen (secondary N) is 1. The molecule has 2 rings (SSSR count). The first-order valence-corrected chi connectivity index (χ1v) is 7.19. The summed E-state index contributed by atoms with van der Waals surface area (Å²) in [4.78, 5) is 15.9. The molecule has 0 atom stereocenters. The highest BCUT2D eigenvalue weighted by Crippen LogP contribution is 2.15. The minimum Gasteiger partial charge on any atom is -0.491 e. The quantitative estimate of drug-likeness (QED) is 0.797. The molecule has 6 heteroatoms. The van der Waals surface area contributed by atoms with Crippen molar-refractivity contribution < 1.29 is 14.3 Å². The number of amides is 1. The summed E-state index contributed by atoms with van der Waals surface area (Å²) in [5.74, 6) is 0.538. The lowest BCUT2D eigenvalue weighted by molar-refractivity contribution is 0.102. The molecule has 0 radical (unpaired) electrons. The van der Waals surface area contributed by atoms with E-state index in [0.29, 0.717) is 30.5 Å². The number of rotatable bonds is 7. The highest BCUT2D eigenvalue weighted by atomic mass is 32.1. The highest BCUT2D eigenvalue weighted by molar-refractivity contribution is 7.13. The molecule has 0 aliphatic carbocycles. The molecule has 1 aromatic heterocycles. The summed E-state index contributed by atoms with van der Waals surface area (Å²) in [6.07, 6.45) is 1.65. The molecule has 0 saturated carbocycles. The molecular weight excluding hydrogens is 276 g/mol. The molecule has 0 bridgehead atoms. The van der Waals surface area contributed by atoms with E-state index >= 15 is 0 Å². The van der Waals surface area contributed by atoms with Gasteiger partial charge in [0.25, 0.3) is 5.91 Å². The molecule has 0 unspecified atom stereocenters. The zero-order valence-corrected chi connectivity index (χ0v) is 12.0. The first kappa shape index (κ1) is 14.5. The van der Waals surface area contributed by atoms with Gasteiger partial charge in [0.2, 0.25) is 0 Å². The molecule has 2 aromatic rings. The van der Waals surface area contributed by atoms with Crippen LogP contribution in [0.5, 0.6) is 5.75 Å². The Morgan fingerprint density at radius 2 is 2.10 bits per heavy atom. The standard InChI is InChI=1S/C14H16N2O3S/c1-2-18-8-9-19-12-5-3-11(4-6-12)13(17)16-14-15-7-10-20-14/h3-7,10H,2,8-9H2,1H3,(H,15,16,17). The largest absolute Gasteiger partial charge is 0.491 e. The van der Waals surface area contributed by atoms with E-state index in [1.54, 1.807) is 30.5 Å². The average molecular weight is 292 g/mol. The van der Waals surface area contributed by atoms with Crippen LogP contribution in [0.15, 0.2) is 35.8 Å². The number of aromatic nitrogens is 1. The van der Waals surface area contributed by atoms with Crippen LogP contribution in [-0.4, -0.2) is 30.7 Å². The number of ether oxygens (including phenoxy) is 2. The number of anilines is 1. The maximum atomic E-state index is 11.9. The first-order chi connectivity index (χ1) is 9.79. The van der Waals surface area contributed by atoms with E-state index in [-0.39, 0.29) is 5.91 Å². The summed E-state index contributed by atoms with van der Waals surface area (Å²) in [7, 11) is 0. The Labute approximate surface area is 121 Å². The van der Waals surface area contributed by atoms with E-state index in [1.807, 2.05) is 12.3 Å². The second-order valence-electron chi connectivity index (χ2n) is 3.86. The maximum absolute atomic E-state index is 11.9.